The molecule has 1 aromatic heterocycles. The number of pyridine rings is 1. The number of guanidine groups is 1. The molecular weight excluding hydrogens is 499 g/mol. The van der Waals surface area contributed by atoms with E-state index in [0.717, 1.165) is 18.7 Å². The highest BCUT2D eigenvalue weighted by molar-refractivity contribution is 5.96. The number of hydrogen-bond acceptors (Lipinski definition) is 7. The summed E-state index contributed by atoms with van der Waals surface area (Å²) in [7, 11) is 0. The third-order valence-corrected chi connectivity index (χ3v) is 4.94. The van der Waals surface area contributed by atoms with Crippen LogP contribution in [0.1, 0.15) is 28.8 Å². The lowest BCUT2D eigenvalue weighted by atomic mass is 10.1. The number of alkyl halides is 3. The molecule has 0 fully saturated rings. The first-order valence-corrected chi connectivity index (χ1v) is 11.1. The Morgan fingerprint density at radius 2 is 1.78 bits per heavy atom. The fourth-order valence-electron chi connectivity index (χ4n) is 3.14. The Morgan fingerprint density at radius 3 is 2.35 bits per heavy atom. The molecule has 0 saturated heterocycles. The van der Waals surface area contributed by atoms with Gasteiger partial charge in [0.05, 0.1) is 13.1 Å². The van der Waals surface area contributed by atoms with Crippen LogP contribution in [0.15, 0.2) is 58.4 Å². The van der Waals surface area contributed by atoms with Gasteiger partial charge in [0, 0.05) is 19.3 Å². The summed E-state index contributed by atoms with van der Waals surface area (Å²) in [6, 6.07) is 11.3. The first kappa shape index (κ1) is 28.9. The minimum Gasteiger partial charge on any atom is -0.480 e. The lowest BCUT2D eigenvalue weighted by Gasteiger charge is -2.15. The van der Waals surface area contributed by atoms with E-state index in [1.54, 1.807) is 12.3 Å². The Balaban J connectivity index is 0.000000604. The van der Waals surface area contributed by atoms with Crippen molar-refractivity contribution in [3.8, 4) is 0 Å². The number of rotatable bonds is 9. The molecule has 5 N–H and O–H groups in total. The fourth-order valence-corrected chi connectivity index (χ4v) is 3.14. The predicted molar refractivity (Wildman–Crippen MR) is 126 cm³/mol. The Bertz CT molecular complexity index is 1170. The SMILES string of the molecule is O=C(N[C@@H](CCCNC1=NCCN1)C(=O)O)c1cccn(Cc2ccccc2)c1=O.O=C(O)C(F)(F)F. The van der Waals surface area contributed by atoms with E-state index in [4.69, 9.17) is 9.90 Å². The first-order chi connectivity index (χ1) is 17.5. The van der Waals surface area contributed by atoms with Crippen LogP contribution in [0.2, 0.25) is 0 Å². The van der Waals surface area contributed by atoms with Crippen molar-refractivity contribution in [2.75, 3.05) is 19.6 Å². The number of amides is 1. The lowest BCUT2D eigenvalue weighted by molar-refractivity contribution is -0.192. The van der Waals surface area contributed by atoms with Crippen LogP contribution in [0, 0.1) is 0 Å². The third kappa shape index (κ3) is 9.66. The van der Waals surface area contributed by atoms with Crippen LogP contribution in [-0.2, 0) is 16.1 Å². The van der Waals surface area contributed by atoms with Crippen molar-refractivity contribution in [1.82, 2.24) is 20.5 Å². The van der Waals surface area contributed by atoms with Gasteiger partial charge in [-0.1, -0.05) is 30.3 Å². The number of nitrogens with one attached hydrogen (secondary N) is 3. The minimum atomic E-state index is -5.08. The maximum atomic E-state index is 12.7. The Hall–Kier alpha value is -4.36. The third-order valence-electron chi connectivity index (χ3n) is 4.94. The van der Waals surface area contributed by atoms with Crippen molar-refractivity contribution >= 4 is 23.8 Å². The normalized spacial score (nSPS) is 13.3. The molecule has 1 atom stereocenters. The lowest BCUT2D eigenvalue weighted by Crippen LogP contribution is -2.43. The van der Waals surface area contributed by atoms with E-state index in [2.05, 4.69) is 20.9 Å². The van der Waals surface area contributed by atoms with Crippen LogP contribution >= 0.6 is 0 Å². The highest BCUT2D eigenvalue weighted by Crippen LogP contribution is 2.13. The van der Waals surface area contributed by atoms with Crippen LogP contribution in [0.5, 0.6) is 0 Å². The Morgan fingerprint density at radius 1 is 1.11 bits per heavy atom. The summed E-state index contributed by atoms with van der Waals surface area (Å²) in [4.78, 5) is 49.9. The van der Waals surface area contributed by atoms with Gasteiger partial charge in [-0.2, -0.15) is 13.2 Å². The summed E-state index contributed by atoms with van der Waals surface area (Å²) >= 11 is 0. The smallest absolute Gasteiger partial charge is 0.480 e. The molecule has 14 heteroatoms. The molecule has 2 aromatic rings. The van der Waals surface area contributed by atoms with Gasteiger partial charge in [0.1, 0.15) is 11.6 Å². The second kappa shape index (κ2) is 13.7. The average Bonchev–Trinajstić information content (AvgIpc) is 3.36. The molecular formula is C23H26F3N5O6. The number of aliphatic imine (C=N–C) groups is 1. The number of halogens is 3. The van der Waals surface area contributed by atoms with E-state index in [9.17, 15) is 32.7 Å². The number of carbonyl (C=O) groups is 3. The van der Waals surface area contributed by atoms with Gasteiger partial charge in [0.25, 0.3) is 11.5 Å². The van der Waals surface area contributed by atoms with E-state index < -0.39 is 35.6 Å². The van der Waals surface area contributed by atoms with Crippen molar-refractivity contribution in [1.29, 1.82) is 0 Å². The number of aliphatic carboxylic acids is 2. The quantitative estimate of drug-likeness (QED) is 0.304. The standard InChI is InChI=1S/C21H25N5O4.C2HF3O2/c27-18(25-17(20(29)30)9-4-10-22-21-23-11-12-24-21)16-8-5-13-26(19(16)28)14-15-6-2-1-3-7-15;3-2(4,5)1(6)7/h1-3,5-8,13,17H,4,9-12,14H2,(H,25,27)(H,29,30)(H2,22,23,24);(H,6,7)/t17-;/m0./s1. The van der Waals surface area contributed by atoms with E-state index in [0.29, 0.717) is 25.5 Å². The molecule has 1 amide bonds. The van der Waals surface area contributed by atoms with E-state index in [1.165, 1.54) is 10.6 Å². The van der Waals surface area contributed by atoms with Crippen molar-refractivity contribution in [3.63, 3.8) is 0 Å². The summed E-state index contributed by atoms with van der Waals surface area (Å²) in [5.41, 5.74) is 0.381. The summed E-state index contributed by atoms with van der Waals surface area (Å²) in [6.07, 6.45) is -2.73. The minimum absolute atomic E-state index is 0.0812. The van der Waals surface area contributed by atoms with Gasteiger partial charge in [0.15, 0.2) is 5.96 Å². The molecule has 11 nitrogen and oxygen atoms in total. The van der Waals surface area contributed by atoms with Gasteiger partial charge in [-0.05, 0) is 30.5 Å². The molecule has 0 radical (unpaired) electrons. The second-order valence-electron chi connectivity index (χ2n) is 7.73. The topological polar surface area (TPSA) is 162 Å². The van der Waals surface area contributed by atoms with Gasteiger partial charge < -0.3 is 30.7 Å². The molecule has 1 aliphatic rings. The Kier molecular flexibility index (Phi) is 10.7. The van der Waals surface area contributed by atoms with Crippen LogP contribution in [0.3, 0.4) is 0 Å². The summed E-state index contributed by atoms with van der Waals surface area (Å²) in [5.74, 6) is -3.88. The largest absolute Gasteiger partial charge is 0.490 e. The fraction of sp³-hybridized carbons (Fsp3) is 0.348. The summed E-state index contributed by atoms with van der Waals surface area (Å²) in [6.45, 7) is 2.36. The molecule has 0 saturated carbocycles. The monoisotopic (exact) mass is 525 g/mol. The number of carbonyl (C=O) groups excluding carboxylic acids is 1. The molecule has 0 unspecified atom stereocenters. The predicted octanol–water partition coefficient (Wildman–Crippen LogP) is 1.04. The molecule has 2 heterocycles. The van der Waals surface area contributed by atoms with Crippen molar-refractivity contribution < 1.29 is 37.8 Å². The molecule has 200 valence electrons. The van der Waals surface area contributed by atoms with E-state index >= 15 is 0 Å². The maximum absolute atomic E-state index is 12.7. The molecule has 0 spiro atoms. The molecule has 1 aliphatic heterocycles. The molecule has 1 aromatic carbocycles. The highest BCUT2D eigenvalue weighted by Gasteiger charge is 2.38. The zero-order valence-electron chi connectivity index (χ0n) is 19.5. The number of nitrogens with zero attached hydrogens (tertiary/aromatic N) is 2. The second-order valence-corrected chi connectivity index (χ2v) is 7.73. The van der Waals surface area contributed by atoms with E-state index in [-0.39, 0.29) is 12.0 Å². The molecule has 0 aliphatic carbocycles. The molecule has 3 rings (SSSR count). The van der Waals surface area contributed by atoms with Crippen LogP contribution in [0.25, 0.3) is 0 Å². The van der Waals surface area contributed by atoms with Crippen molar-refractivity contribution in [2.45, 2.75) is 31.6 Å². The van der Waals surface area contributed by atoms with Crippen LogP contribution in [0.4, 0.5) is 13.2 Å². The highest BCUT2D eigenvalue weighted by atomic mass is 19.4. The first-order valence-electron chi connectivity index (χ1n) is 11.1. The molecule has 37 heavy (non-hydrogen) atoms. The van der Waals surface area contributed by atoms with Gasteiger partial charge in [0.2, 0.25) is 0 Å². The number of carboxylic acids is 2. The van der Waals surface area contributed by atoms with Crippen LogP contribution in [-0.4, -0.2) is 70.4 Å². The zero-order chi connectivity index (χ0) is 27.4. The number of benzene rings is 1. The van der Waals surface area contributed by atoms with Crippen LogP contribution < -0.4 is 21.5 Å². The van der Waals surface area contributed by atoms with Gasteiger partial charge in [-0.15, -0.1) is 0 Å². The van der Waals surface area contributed by atoms with Crippen molar-refractivity contribution in [2.24, 2.45) is 4.99 Å². The van der Waals surface area contributed by atoms with Gasteiger partial charge >= 0.3 is 18.1 Å². The number of hydrogen-bond donors (Lipinski definition) is 5. The van der Waals surface area contributed by atoms with Gasteiger partial charge in [-0.3, -0.25) is 14.6 Å². The summed E-state index contributed by atoms with van der Waals surface area (Å²) in [5, 5.41) is 25.2. The van der Waals surface area contributed by atoms with Gasteiger partial charge in [-0.25, -0.2) is 9.59 Å². The number of carboxylic acid groups (broad SMARTS) is 2. The van der Waals surface area contributed by atoms with Crippen molar-refractivity contribution in [3.05, 3.63) is 70.1 Å². The van der Waals surface area contributed by atoms with E-state index in [1.807, 2.05) is 30.3 Å². The Labute approximate surface area is 209 Å². The maximum Gasteiger partial charge on any atom is 0.490 e. The average molecular weight is 525 g/mol. The zero-order valence-corrected chi connectivity index (χ0v) is 19.5. The number of aromatic nitrogens is 1. The molecule has 0 bridgehead atoms. The summed E-state index contributed by atoms with van der Waals surface area (Å²) < 4.78 is 33.2.